The van der Waals surface area contributed by atoms with E-state index in [1.165, 1.54) is 11.3 Å². The van der Waals surface area contributed by atoms with Crippen molar-refractivity contribution in [1.82, 2.24) is 30.5 Å². The summed E-state index contributed by atoms with van der Waals surface area (Å²) in [4.78, 5) is 4.50. The molecule has 0 fully saturated rings. The Balaban J connectivity index is 1.87. The minimum Gasteiger partial charge on any atom is -0.491 e. The summed E-state index contributed by atoms with van der Waals surface area (Å²) >= 11 is 9.31. The Bertz CT molecular complexity index is 974. The lowest BCUT2D eigenvalue weighted by atomic mass is 9.83. The molecule has 0 spiro atoms. The number of benzene rings is 1. The van der Waals surface area contributed by atoms with Gasteiger partial charge in [-0.25, -0.2) is 9.67 Å². The molecule has 2 heterocycles. The van der Waals surface area contributed by atoms with E-state index in [9.17, 15) is 0 Å². The summed E-state index contributed by atoms with van der Waals surface area (Å²) in [5.74, 6) is 2.56. The monoisotopic (exact) mass is 480 g/mol. The van der Waals surface area contributed by atoms with Crippen LogP contribution in [-0.4, -0.2) is 49.8 Å². The number of hydrogen-bond donors (Lipinski definition) is 1. The molecule has 0 saturated carbocycles. The van der Waals surface area contributed by atoms with Crippen molar-refractivity contribution in [2.24, 2.45) is 0 Å². The van der Waals surface area contributed by atoms with Gasteiger partial charge in [0, 0.05) is 28.7 Å². The third-order valence-electron chi connectivity index (χ3n) is 4.84. The molecule has 0 aliphatic rings. The molecule has 7 nitrogen and oxygen atoms in total. The first-order valence-corrected chi connectivity index (χ1v) is 12.8. The molecule has 1 N–H and O–H groups in total. The molecule has 1 unspecified atom stereocenters. The summed E-state index contributed by atoms with van der Waals surface area (Å²) in [6.07, 6.45) is 2.18. The molecule has 0 aliphatic heterocycles. The van der Waals surface area contributed by atoms with Crippen LogP contribution in [0.15, 0.2) is 29.6 Å². The van der Waals surface area contributed by atoms with Gasteiger partial charge in [-0.15, -0.1) is 16.4 Å². The van der Waals surface area contributed by atoms with Crippen molar-refractivity contribution in [3.63, 3.8) is 0 Å². The predicted molar refractivity (Wildman–Crippen MR) is 128 cm³/mol. The van der Waals surface area contributed by atoms with Gasteiger partial charge in [0.15, 0.2) is 10.3 Å². The van der Waals surface area contributed by atoms with Gasteiger partial charge in [0.05, 0.1) is 18.3 Å². The van der Waals surface area contributed by atoms with E-state index in [4.69, 9.17) is 16.3 Å². The molecule has 0 bridgehead atoms. The smallest absolute Gasteiger partial charge is 0.183 e. The second-order valence-corrected chi connectivity index (χ2v) is 10.6. The summed E-state index contributed by atoms with van der Waals surface area (Å²) < 4.78 is 8.40. The van der Waals surface area contributed by atoms with Crippen molar-refractivity contribution < 1.29 is 4.74 Å². The van der Waals surface area contributed by atoms with Gasteiger partial charge in [-0.05, 0) is 36.6 Å². The van der Waals surface area contributed by atoms with Crippen LogP contribution in [0.25, 0.3) is 0 Å². The Morgan fingerprint density at radius 3 is 2.74 bits per heavy atom. The minimum atomic E-state index is -0.266. The zero-order valence-electron chi connectivity index (χ0n) is 18.5. The molecular weight excluding hydrogens is 452 g/mol. The van der Waals surface area contributed by atoms with Gasteiger partial charge in [0.2, 0.25) is 0 Å². The van der Waals surface area contributed by atoms with E-state index in [0.717, 1.165) is 35.1 Å². The van der Waals surface area contributed by atoms with Crippen LogP contribution in [0.5, 0.6) is 5.75 Å². The number of nitrogens with zero attached hydrogens (tertiary/aromatic N) is 5. The van der Waals surface area contributed by atoms with Gasteiger partial charge in [0.25, 0.3) is 0 Å². The number of tetrazole rings is 1. The fourth-order valence-electron chi connectivity index (χ4n) is 3.31. The number of halogens is 1. The average Bonchev–Trinajstić information content (AvgIpc) is 3.36. The molecule has 0 radical (unpaired) electrons. The third-order valence-corrected chi connectivity index (χ3v) is 6.43. The Labute approximate surface area is 196 Å². The molecule has 0 aliphatic carbocycles. The van der Waals surface area contributed by atoms with E-state index < -0.39 is 0 Å². The van der Waals surface area contributed by atoms with Gasteiger partial charge < -0.3 is 10.1 Å². The van der Waals surface area contributed by atoms with Crippen LogP contribution in [0.3, 0.4) is 0 Å². The Hall–Kier alpha value is -1.68. The number of thioether (sulfide) groups is 1. The maximum absolute atomic E-state index is 6.15. The maximum Gasteiger partial charge on any atom is 0.183 e. The fourth-order valence-corrected chi connectivity index (χ4v) is 4.47. The lowest BCUT2D eigenvalue weighted by Gasteiger charge is -2.30. The Morgan fingerprint density at radius 2 is 2.06 bits per heavy atom. The van der Waals surface area contributed by atoms with Gasteiger partial charge in [0.1, 0.15) is 11.8 Å². The van der Waals surface area contributed by atoms with E-state index in [1.54, 1.807) is 11.8 Å². The Kier molecular flexibility index (Phi) is 8.32. The molecule has 0 amide bonds. The standard InChI is InChI=1S/C21H29ClN6OS2/c1-14(2)29-17-9-7-6-8-15(17)21(3,4)13-23-18(16-12-31-20(22)24-16)19-25-26-27-28(19)10-11-30-5/h6-9,12,14,18,23H,10-11,13H2,1-5H3. The molecule has 10 heteroatoms. The molecule has 0 saturated heterocycles. The molecule has 1 aromatic carbocycles. The number of nitrogens with one attached hydrogen (secondary N) is 1. The zero-order chi connectivity index (χ0) is 22.4. The highest BCUT2D eigenvalue weighted by Crippen LogP contribution is 2.33. The molecule has 168 valence electrons. The molecule has 31 heavy (non-hydrogen) atoms. The fraction of sp³-hybridized carbons (Fsp3) is 0.524. The van der Waals surface area contributed by atoms with Crippen LogP contribution >= 0.6 is 34.7 Å². The molecule has 3 rings (SSSR count). The molecule has 1 atom stereocenters. The van der Waals surface area contributed by atoms with Crippen LogP contribution in [0.2, 0.25) is 4.47 Å². The largest absolute Gasteiger partial charge is 0.491 e. The first-order valence-electron chi connectivity index (χ1n) is 10.2. The van der Waals surface area contributed by atoms with Crippen molar-refractivity contribution in [3.8, 4) is 5.75 Å². The minimum absolute atomic E-state index is 0.107. The van der Waals surface area contributed by atoms with Crippen LogP contribution in [0, 0.1) is 0 Å². The number of ether oxygens (including phenoxy) is 1. The van der Waals surface area contributed by atoms with E-state index in [1.807, 2.05) is 42.1 Å². The van der Waals surface area contributed by atoms with Crippen molar-refractivity contribution in [2.45, 2.75) is 51.8 Å². The summed E-state index contributed by atoms with van der Waals surface area (Å²) in [7, 11) is 0. The maximum atomic E-state index is 6.15. The van der Waals surface area contributed by atoms with E-state index >= 15 is 0 Å². The third kappa shape index (κ3) is 6.19. The SMILES string of the molecule is CSCCn1nnnc1C(NCC(C)(C)c1ccccc1OC(C)C)c1csc(Cl)n1. The normalized spacial score (nSPS) is 13.0. The highest BCUT2D eigenvalue weighted by molar-refractivity contribution is 7.98. The van der Waals surface area contributed by atoms with Gasteiger partial charge >= 0.3 is 0 Å². The van der Waals surface area contributed by atoms with Crippen LogP contribution in [0.1, 0.15) is 50.8 Å². The number of aromatic nitrogens is 5. The number of rotatable bonds is 11. The number of aryl methyl sites for hydroxylation is 1. The predicted octanol–water partition coefficient (Wildman–Crippen LogP) is 4.59. The average molecular weight is 481 g/mol. The zero-order valence-corrected chi connectivity index (χ0v) is 20.9. The highest BCUT2D eigenvalue weighted by atomic mass is 35.5. The summed E-state index contributed by atoms with van der Waals surface area (Å²) in [6, 6.07) is 7.93. The topological polar surface area (TPSA) is 77.8 Å². The lowest BCUT2D eigenvalue weighted by molar-refractivity contribution is 0.235. The Morgan fingerprint density at radius 1 is 1.29 bits per heavy atom. The van der Waals surface area contributed by atoms with Gasteiger partial charge in [-0.3, -0.25) is 0 Å². The first kappa shape index (κ1) is 24.0. The van der Waals surface area contributed by atoms with E-state index in [2.05, 4.69) is 52.0 Å². The summed E-state index contributed by atoms with van der Waals surface area (Å²) in [6.45, 7) is 9.88. The second-order valence-electron chi connectivity index (χ2n) is 8.14. The quantitative estimate of drug-likeness (QED) is 0.430. The molecular formula is C21H29ClN6OS2. The number of hydrogen-bond acceptors (Lipinski definition) is 8. The van der Waals surface area contributed by atoms with Crippen molar-refractivity contribution >= 4 is 34.7 Å². The van der Waals surface area contributed by atoms with Crippen molar-refractivity contribution in [1.29, 1.82) is 0 Å². The van der Waals surface area contributed by atoms with E-state index in [0.29, 0.717) is 11.0 Å². The summed E-state index contributed by atoms with van der Waals surface area (Å²) in [5, 5.41) is 18.0. The first-order chi connectivity index (χ1) is 14.8. The molecule has 2 aromatic heterocycles. The van der Waals surface area contributed by atoms with Crippen LogP contribution in [0.4, 0.5) is 0 Å². The summed E-state index contributed by atoms with van der Waals surface area (Å²) in [5.41, 5.74) is 1.76. The number of thiazole rings is 1. The van der Waals surface area contributed by atoms with Crippen molar-refractivity contribution in [3.05, 3.63) is 51.2 Å². The van der Waals surface area contributed by atoms with Crippen LogP contribution < -0.4 is 10.1 Å². The number of para-hydroxylation sites is 1. The van der Waals surface area contributed by atoms with Crippen molar-refractivity contribution in [2.75, 3.05) is 18.6 Å². The van der Waals surface area contributed by atoms with Gasteiger partial charge in [-0.2, -0.15) is 11.8 Å². The second kappa shape index (κ2) is 10.8. The highest BCUT2D eigenvalue weighted by Gasteiger charge is 2.29. The van der Waals surface area contributed by atoms with Gasteiger partial charge in [-0.1, -0.05) is 43.6 Å². The van der Waals surface area contributed by atoms with E-state index in [-0.39, 0.29) is 17.6 Å². The lowest BCUT2D eigenvalue weighted by Crippen LogP contribution is -2.37. The van der Waals surface area contributed by atoms with Crippen LogP contribution in [-0.2, 0) is 12.0 Å². The molecule has 3 aromatic rings.